The lowest BCUT2D eigenvalue weighted by atomic mass is 9.99. The molecule has 206 valence electrons. The Labute approximate surface area is 230 Å². The molecule has 1 saturated carbocycles. The number of nitrogens with zero attached hydrogens (tertiary/aromatic N) is 1. The standard InChI is InChI=1S/C30H30ClF3N2O3/c31-25-17-21(7-14-27(25)39-24-12-13-24)28(37)26(18-36-15-1-2-16-36)35-29(38)30(33,34)22-8-3-19(4-9-22)20-5-10-23(32)11-6-20/h3-11,14,17,24,26,28,37H,1-2,12-13,15-16,18H2,(H,35,38). The Balaban J connectivity index is 1.33. The van der Waals surface area contributed by atoms with Crippen molar-refractivity contribution in [2.24, 2.45) is 0 Å². The van der Waals surface area contributed by atoms with Gasteiger partial charge in [-0.15, -0.1) is 0 Å². The molecule has 2 unspecified atom stereocenters. The van der Waals surface area contributed by atoms with Crippen molar-refractivity contribution in [1.29, 1.82) is 0 Å². The van der Waals surface area contributed by atoms with Crippen molar-refractivity contribution in [3.8, 4) is 16.9 Å². The predicted octanol–water partition coefficient (Wildman–Crippen LogP) is 6.09. The number of benzene rings is 3. The first-order valence-electron chi connectivity index (χ1n) is 13.1. The minimum absolute atomic E-state index is 0.146. The summed E-state index contributed by atoms with van der Waals surface area (Å²) >= 11 is 6.37. The first-order valence-corrected chi connectivity index (χ1v) is 13.5. The lowest BCUT2D eigenvalue weighted by Gasteiger charge is -2.30. The van der Waals surface area contributed by atoms with Crippen molar-refractivity contribution < 1.29 is 27.8 Å². The normalized spacial score (nSPS) is 17.6. The molecule has 39 heavy (non-hydrogen) atoms. The number of amides is 1. The summed E-state index contributed by atoms with van der Waals surface area (Å²) in [5.41, 5.74) is 1.20. The number of aliphatic hydroxyl groups is 1. The highest BCUT2D eigenvalue weighted by Gasteiger charge is 2.43. The average Bonchev–Trinajstić information content (AvgIpc) is 3.61. The van der Waals surface area contributed by atoms with Gasteiger partial charge in [0, 0.05) is 12.1 Å². The van der Waals surface area contributed by atoms with Gasteiger partial charge in [0.15, 0.2) is 0 Å². The molecular weight excluding hydrogens is 529 g/mol. The zero-order valence-corrected chi connectivity index (χ0v) is 22.0. The zero-order valence-electron chi connectivity index (χ0n) is 21.3. The fourth-order valence-electron chi connectivity index (χ4n) is 4.77. The molecule has 3 aromatic rings. The lowest BCUT2D eigenvalue weighted by molar-refractivity contribution is -0.149. The number of hydrogen-bond acceptors (Lipinski definition) is 4. The number of rotatable bonds is 10. The third-order valence-corrected chi connectivity index (χ3v) is 7.47. The second kappa shape index (κ2) is 11.6. The Bertz CT molecular complexity index is 1290. The summed E-state index contributed by atoms with van der Waals surface area (Å²) < 4.78 is 49.6. The highest BCUT2D eigenvalue weighted by Crippen LogP contribution is 2.35. The third-order valence-electron chi connectivity index (χ3n) is 7.18. The van der Waals surface area contributed by atoms with E-state index in [1.165, 1.54) is 36.4 Å². The van der Waals surface area contributed by atoms with Gasteiger partial charge >= 0.3 is 5.92 Å². The molecule has 1 aliphatic carbocycles. The van der Waals surface area contributed by atoms with E-state index >= 15 is 8.78 Å². The Kier molecular flexibility index (Phi) is 8.16. The Hall–Kier alpha value is -3.07. The van der Waals surface area contributed by atoms with E-state index in [1.54, 1.807) is 30.3 Å². The number of aliphatic hydroxyl groups excluding tert-OH is 1. The van der Waals surface area contributed by atoms with Crippen molar-refractivity contribution in [3.05, 3.63) is 88.7 Å². The topological polar surface area (TPSA) is 61.8 Å². The van der Waals surface area contributed by atoms with Crippen molar-refractivity contribution in [1.82, 2.24) is 10.2 Å². The summed E-state index contributed by atoms with van der Waals surface area (Å²) in [7, 11) is 0. The minimum atomic E-state index is -3.84. The van der Waals surface area contributed by atoms with Crippen LogP contribution >= 0.6 is 11.6 Å². The van der Waals surface area contributed by atoms with Crippen LogP contribution in [0.4, 0.5) is 13.2 Å². The van der Waals surface area contributed by atoms with Crippen LogP contribution in [0.3, 0.4) is 0 Å². The molecule has 3 aromatic carbocycles. The molecule has 1 heterocycles. The molecular formula is C30H30ClF3N2O3. The number of carbonyl (C=O) groups is 1. The van der Waals surface area contributed by atoms with E-state index in [0.29, 0.717) is 27.5 Å². The molecule has 1 saturated heterocycles. The van der Waals surface area contributed by atoms with Crippen LogP contribution in [-0.2, 0) is 10.7 Å². The molecule has 2 N–H and O–H groups in total. The molecule has 2 fully saturated rings. The maximum atomic E-state index is 15.3. The van der Waals surface area contributed by atoms with E-state index in [9.17, 15) is 14.3 Å². The molecule has 0 bridgehead atoms. The maximum absolute atomic E-state index is 15.3. The first-order chi connectivity index (χ1) is 18.7. The fraction of sp³-hybridized carbons (Fsp3) is 0.367. The van der Waals surface area contributed by atoms with Gasteiger partial charge in [-0.1, -0.05) is 54.1 Å². The smallest absolute Gasteiger partial charge is 0.349 e. The van der Waals surface area contributed by atoms with Gasteiger partial charge in [0.1, 0.15) is 17.7 Å². The van der Waals surface area contributed by atoms with Gasteiger partial charge < -0.3 is 20.1 Å². The number of hydrogen-bond donors (Lipinski definition) is 2. The second-order valence-corrected chi connectivity index (χ2v) is 10.6. The molecule has 2 atom stereocenters. The number of likely N-dealkylation sites (tertiary alicyclic amines) is 1. The molecule has 2 aliphatic rings. The van der Waals surface area contributed by atoms with E-state index < -0.39 is 35.4 Å². The van der Waals surface area contributed by atoms with Gasteiger partial charge in [-0.3, -0.25) is 4.79 Å². The zero-order chi connectivity index (χ0) is 27.6. The predicted molar refractivity (Wildman–Crippen MR) is 143 cm³/mol. The van der Waals surface area contributed by atoms with E-state index in [1.807, 2.05) is 4.90 Å². The molecule has 9 heteroatoms. The average molecular weight is 559 g/mol. The van der Waals surface area contributed by atoms with Gasteiger partial charge in [-0.2, -0.15) is 8.78 Å². The summed E-state index contributed by atoms with van der Waals surface area (Å²) in [5.74, 6) is -5.23. The van der Waals surface area contributed by atoms with Crippen molar-refractivity contribution in [2.45, 2.75) is 49.9 Å². The number of carbonyl (C=O) groups excluding carboxylic acids is 1. The molecule has 1 aliphatic heterocycles. The molecule has 0 aromatic heterocycles. The van der Waals surface area contributed by atoms with Crippen LogP contribution in [0.15, 0.2) is 66.7 Å². The Morgan fingerprint density at radius 1 is 1.03 bits per heavy atom. The van der Waals surface area contributed by atoms with E-state index in [0.717, 1.165) is 38.8 Å². The minimum Gasteiger partial charge on any atom is -0.489 e. The number of ether oxygens (including phenoxy) is 1. The van der Waals surface area contributed by atoms with Crippen molar-refractivity contribution in [3.63, 3.8) is 0 Å². The largest absolute Gasteiger partial charge is 0.489 e. The molecule has 1 amide bonds. The van der Waals surface area contributed by atoms with E-state index in [-0.39, 0.29) is 12.6 Å². The van der Waals surface area contributed by atoms with Crippen LogP contribution in [0, 0.1) is 5.82 Å². The summed E-state index contributed by atoms with van der Waals surface area (Å²) in [6.07, 6.45) is 2.74. The summed E-state index contributed by atoms with van der Waals surface area (Å²) in [6, 6.07) is 14.8. The van der Waals surface area contributed by atoms with Gasteiger partial charge in [-0.25, -0.2) is 4.39 Å². The van der Waals surface area contributed by atoms with Crippen molar-refractivity contribution in [2.75, 3.05) is 19.6 Å². The second-order valence-electron chi connectivity index (χ2n) is 10.2. The van der Waals surface area contributed by atoms with Crippen molar-refractivity contribution >= 4 is 17.5 Å². The summed E-state index contributed by atoms with van der Waals surface area (Å²) in [5, 5.41) is 13.9. The molecule has 0 spiro atoms. The number of nitrogens with one attached hydrogen (secondary N) is 1. The van der Waals surface area contributed by atoms with Crippen LogP contribution in [0.5, 0.6) is 5.75 Å². The van der Waals surface area contributed by atoms with E-state index in [2.05, 4.69) is 5.32 Å². The van der Waals surface area contributed by atoms with E-state index in [4.69, 9.17) is 16.3 Å². The lowest BCUT2D eigenvalue weighted by Crippen LogP contribution is -2.50. The summed E-state index contributed by atoms with van der Waals surface area (Å²) in [6.45, 7) is 1.73. The molecule has 5 nitrogen and oxygen atoms in total. The van der Waals surface area contributed by atoms with Gasteiger partial charge in [0.2, 0.25) is 0 Å². The van der Waals surface area contributed by atoms with Crippen LogP contribution in [0.1, 0.15) is 42.9 Å². The van der Waals surface area contributed by atoms with Crippen LogP contribution in [-0.4, -0.2) is 47.7 Å². The monoisotopic (exact) mass is 558 g/mol. The molecule has 0 radical (unpaired) electrons. The van der Waals surface area contributed by atoms with Gasteiger partial charge in [0.25, 0.3) is 5.91 Å². The van der Waals surface area contributed by atoms with Crippen LogP contribution in [0.25, 0.3) is 11.1 Å². The number of halogens is 4. The highest BCUT2D eigenvalue weighted by molar-refractivity contribution is 6.32. The fourth-order valence-corrected chi connectivity index (χ4v) is 5.00. The van der Waals surface area contributed by atoms with Crippen LogP contribution < -0.4 is 10.1 Å². The summed E-state index contributed by atoms with van der Waals surface area (Å²) in [4.78, 5) is 15.0. The number of alkyl halides is 2. The first kappa shape index (κ1) is 27.5. The Morgan fingerprint density at radius 3 is 2.23 bits per heavy atom. The van der Waals surface area contributed by atoms with Gasteiger partial charge in [-0.05, 0) is 79.7 Å². The molecule has 5 rings (SSSR count). The Morgan fingerprint density at radius 2 is 1.64 bits per heavy atom. The maximum Gasteiger partial charge on any atom is 0.349 e. The SMILES string of the molecule is O=C(NC(CN1CCCC1)C(O)c1ccc(OC2CC2)c(Cl)c1)C(F)(F)c1ccc(-c2ccc(F)cc2)cc1. The quantitative estimate of drug-likeness (QED) is 0.316. The highest BCUT2D eigenvalue weighted by atomic mass is 35.5. The van der Waals surface area contributed by atoms with Gasteiger partial charge in [0.05, 0.1) is 17.2 Å². The van der Waals surface area contributed by atoms with Crippen LogP contribution in [0.2, 0.25) is 5.02 Å². The third kappa shape index (κ3) is 6.57.